The lowest BCUT2D eigenvalue weighted by Gasteiger charge is -2.15. The van der Waals surface area contributed by atoms with Gasteiger partial charge < -0.3 is 19.9 Å². The van der Waals surface area contributed by atoms with Crippen molar-refractivity contribution >= 4 is 5.91 Å². The maximum atomic E-state index is 11.9. The molecule has 0 aliphatic carbocycles. The number of aliphatic hydroxyl groups is 1. The molecule has 0 saturated carbocycles. The van der Waals surface area contributed by atoms with Gasteiger partial charge in [0, 0.05) is 11.6 Å². The number of rotatable bonds is 6. The van der Waals surface area contributed by atoms with Crippen molar-refractivity contribution in [2.24, 2.45) is 0 Å². The Bertz CT molecular complexity index is 431. The van der Waals surface area contributed by atoms with Crippen LogP contribution in [-0.4, -0.2) is 36.9 Å². The molecule has 5 heteroatoms. The Morgan fingerprint density at radius 1 is 1.32 bits per heavy atom. The van der Waals surface area contributed by atoms with E-state index in [2.05, 4.69) is 5.32 Å². The van der Waals surface area contributed by atoms with E-state index in [0.29, 0.717) is 17.1 Å². The number of nitrogens with one attached hydrogen (secondary N) is 1. The molecular weight excluding hydrogens is 246 g/mol. The third-order valence-electron chi connectivity index (χ3n) is 2.44. The highest BCUT2D eigenvalue weighted by Crippen LogP contribution is 2.28. The molecule has 1 aromatic rings. The van der Waals surface area contributed by atoms with Crippen molar-refractivity contribution < 1.29 is 19.4 Å². The summed E-state index contributed by atoms with van der Waals surface area (Å²) in [6, 6.07) is 4.71. The fourth-order valence-corrected chi connectivity index (χ4v) is 1.51. The lowest BCUT2D eigenvalue weighted by Crippen LogP contribution is -2.34. The second-order valence-corrected chi connectivity index (χ2v) is 4.59. The van der Waals surface area contributed by atoms with Crippen molar-refractivity contribution in [3.63, 3.8) is 0 Å². The third kappa shape index (κ3) is 4.44. The average Bonchev–Trinajstić information content (AvgIpc) is 2.38. The second kappa shape index (κ2) is 6.99. The molecule has 106 valence electrons. The lowest BCUT2D eigenvalue weighted by molar-refractivity contribution is 0.0922. The van der Waals surface area contributed by atoms with E-state index in [9.17, 15) is 4.79 Å². The van der Waals surface area contributed by atoms with Gasteiger partial charge in [0.25, 0.3) is 5.91 Å². The first-order valence-electron chi connectivity index (χ1n) is 6.24. The Kier molecular flexibility index (Phi) is 5.63. The summed E-state index contributed by atoms with van der Waals surface area (Å²) in [5, 5.41) is 11.6. The van der Waals surface area contributed by atoms with E-state index in [0.717, 1.165) is 0 Å². The van der Waals surface area contributed by atoms with E-state index < -0.39 is 0 Å². The van der Waals surface area contributed by atoms with Gasteiger partial charge >= 0.3 is 0 Å². The van der Waals surface area contributed by atoms with Crippen molar-refractivity contribution in [2.45, 2.75) is 32.9 Å². The van der Waals surface area contributed by atoms with Gasteiger partial charge in [-0.1, -0.05) is 0 Å². The summed E-state index contributed by atoms with van der Waals surface area (Å²) >= 11 is 0. The van der Waals surface area contributed by atoms with Gasteiger partial charge in [-0.05, 0) is 39.0 Å². The molecule has 1 atom stereocenters. The van der Waals surface area contributed by atoms with Crippen LogP contribution in [0, 0.1) is 0 Å². The van der Waals surface area contributed by atoms with Crippen LogP contribution in [0.5, 0.6) is 11.5 Å². The quantitative estimate of drug-likeness (QED) is 0.821. The largest absolute Gasteiger partial charge is 0.493 e. The summed E-state index contributed by atoms with van der Waals surface area (Å²) in [7, 11) is 1.53. The Hall–Kier alpha value is -1.75. The van der Waals surface area contributed by atoms with Crippen molar-refractivity contribution in [2.75, 3.05) is 13.7 Å². The maximum Gasteiger partial charge on any atom is 0.251 e. The van der Waals surface area contributed by atoms with Gasteiger partial charge in [-0.2, -0.15) is 0 Å². The van der Waals surface area contributed by atoms with E-state index in [1.165, 1.54) is 7.11 Å². The summed E-state index contributed by atoms with van der Waals surface area (Å²) in [6.07, 6.45) is 0.0305. The van der Waals surface area contributed by atoms with Crippen molar-refractivity contribution in [1.29, 1.82) is 0 Å². The topological polar surface area (TPSA) is 67.8 Å². The standard InChI is InChI=1S/C14H21NO4/c1-9(2)19-12-6-5-11(7-13(12)18-4)14(17)15-10(3)8-16/h5-7,9-10,16H,8H2,1-4H3,(H,15,17). The molecule has 1 amide bonds. The predicted octanol–water partition coefficient (Wildman–Crippen LogP) is 1.59. The Labute approximate surface area is 113 Å². The minimum atomic E-state index is -0.287. The third-order valence-corrected chi connectivity index (χ3v) is 2.44. The van der Waals surface area contributed by atoms with Gasteiger partial charge in [0.15, 0.2) is 11.5 Å². The monoisotopic (exact) mass is 267 g/mol. The van der Waals surface area contributed by atoms with Gasteiger partial charge in [0.05, 0.1) is 19.8 Å². The molecule has 5 nitrogen and oxygen atoms in total. The summed E-state index contributed by atoms with van der Waals surface area (Å²) < 4.78 is 10.8. The van der Waals surface area contributed by atoms with Gasteiger partial charge in [0.2, 0.25) is 0 Å². The highest BCUT2D eigenvalue weighted by molar-refractivity contribution is 5.95. The molecule has 0 aliphatic rings. The van der Waals surface area contributed by atoms with E-state index in [4.69, 9.17) is 14.6 Å². The lowest BCUT2D eigenvalue weighted by atomic mass is 10.1. The SMILES string of the molecule is COc1cc(C(=O)NC(C)CO)ccc1OC(C)C. The number of ether oxygens (including phenoxy) is 2. The van der Waals surface area contributed by atoms with Crippen LogP contribution in [0.25, 0.3) is 0 Å². The van der Waals surface area contributed by atoms with Crippen LogP contribution >= 0.6 is 0 Å². The Morgan fingerprint density at radius 2 is 2.00 bits per heavy atom. The normalized spacial score (nSPS) is 12.1. The molecule has 0 aliphatic heterocycles. The number of aliphatic hydroxyl groups excluding tert-OH is 1. The fraction of sp³-hybridized carbons (Fsp3) is 0.500. The molecule has 0 spiro atoms. The van der Waals surface area contributed by atoms with Crippen LogP contribution in [0.2, 0.25) is 0 Å². The average molecular weight is 267 g/mol. The number of amides is 1. The van der Waals surface area contributed by atoms with Gasteiger partial charge in [0.1, 0.15) is 0 Å². The molecule has 0 heterocycles. The van der Waals surface area contributed by atoms with Gasteiger partial charge in [-0.25, -0.2) is 0 Å². The molecule has 0 fully saturated rings. The molecular formula is C14H21NO4. The van der Waals surface area contributed by atoms with Gasteiger partial charge in [-0.3, -0.25) is 4.79 Å². The number of carbonyl (C=O) groups excluding carboxylic acids is 1. The molecule has 19 heavy (non-hydrogen) atoms. The number of hydrogen-bond acceptors (Lipinski definition) is 4. The van der Waals surface area contributed by atoms with E-state index in [-0.39, 0.29) is 24.7 Å². The predicted molar refractivity (Wildman–Crippen MR) is 72.8 cm³/mol. The molecule has 1 aromatic carbocycles. The summed E-state index contributed by atoms with van der Waals surface area (Å²) in [4.78, 5) is 11.9. The molecule has 0 bridgehead atoms. The zero-order valence-corrected chi connectivity index (χ0v) is 11.8. The van der Waals surface area contributed by atoms with Crippen LogP contribution in [0.4, 0.5) is 0 Å². The van der Waals surface area contributed by atoms with E-state index in [1.807, 2.05) is 13.8 Å². The zero-order chi connectivity index (χ0) is 14.4. The summed E-state index contributed by atoms with van der Waals surface area (Å²) in [5.41, 5.74) is 0.466. The van der Waals surface area contributed by atoms with Crippen LogP contribution in [0.1, 0.15) is 31.1 Å². The molecule has 0 saturated heterocycles. The number of methoxy groups -OCH3 is 1. The second-order valence-electron chi connectivity index (χ2n) is 4.59. The smallest absolute Gasteiger partial charge is 0.251 e. The zero-order valence-electron chi connectivity index (χ0n) is 11.8. The molecule has 1 rings (SSSR count). The minimum absolute atomic E-state index is 0.0305. The minimum Gasteiger partial charge on any atom is -0.493 e. The van der Waals surface area contributed by atoms with E-state index in [1.54, 1.807) is 25.1 Å². The van der Waals surface area contributed by atoms with E-state index >= 15 is 0 Å². The summed E-state index contributed by atoms with van der Waals surface area (Å²) in [5.74, 6) is 0.859. The number of carbonyl (C=O) groups is 1. The van der Waals surface area contributed by atoms with Crippen LogP contribution < -0.4 is 14.8 Å². The van der Waals surface area contributed by atoms with Crippen molar-refractivity contribution in [3.05, 3.63) is 23.8 Å². The molecule has 0 radical (unpaired) electrons. The Morgan fingerprint density at radius 3 is 2.53 bits per heavy atom. The maximum absolute atomic E-state index is 11.9. The molecule has 0 aromatic heterocycles. The van der Waals surface area contributed by atoms with Crippen LogP contribution in [0.3, 0.4) is 0 Å². The summed E-state index contributed by atoms with van der Waals surface area (Å²) in [6.45, 7) is 5.47. The molecule has 2 N–H and O–H groups in total. The van der Waals surface area contributed by atoms with Crippen molar-refractivity contribution in [3.8, 4) is 11.5 Å². The van der Waals surface area contributed by atoms with Crippen LogP contribution in [-0.2, 0) is 0 Å². The highest BCUT2D eigenvalue weighted by Gasteiger charge is 2.13. The first kappa shape index (κ1) is 15.3. The van der Waals surface area contributed by atoms with Crippen molar-refractivity contribution in [1.82, 2.24) is 5.32 Å². The molecule has 1 unspecified atom stereocenters. The number of benzene rings is 1. The highest BCUT2D eigenvalue weighted by atomic mass is 16.5. The number of hydrogen-bond donors (Lipinski definition) is 2. The first-order valence-corrected chi connectivity index (χ1v) is 6.24. The Balaban J connectivity index is 2.90. The van der Waals surface area contributed by atoms with Gasteiger partial charge in [-0.15, -0.1) is 0 Å². The first-order chi connectivity index (χ1) is 8.97. The van der Waals surface area contributed by atoms with Crippen LogP contribution in [0.15, 0.2) is 18.2 Å². The fourth-order valence-electron chi connectivity index (χ4n) is 1.51.